The van der Waals surface area contributed by atoms with Gasteiger partial charge in [-0.25, -0.2) is 0 Å². The molecule has 0 aromatic rings. The fourth-order valence-corrected chi connectivity index (χ4v) is 5.57. The number of halogens is 1. The van der Waals surface area contributed by atoms with Gasteiger partial charge < -0.3 is 4.43 Å². The number of hydrogen-bond acceptors (Lipinski definition) is 1. The molecule has 2 aliphatic carbocycles. The molecule has 0 N–H and O–H groups in total. The summed E-state index contributed by atoms with van der Waals surface area (Å²) >= 11 is 3.75. The van der Waals surface area contributed by atoms with E-state index in [9.17, 15) is 0 Å². The summed E-state index contributed by atoms with van der Waals surface area (Å²) in [5, 5.41) is 0.985. The Bertz CT molecular complexity index is 198. The molecule has 2 aliphatic rings. The van der Waals surface area contributed by atoms with Crippen LogP contribution in [0.25, 0.3) is 0 Å². The predicted molar refractivity (Wildman–Crippen MR) is 76.5 cm³/mol. The van der Waals surface area contributed by atoms with Crippen molar-refractivity contribution in [1.29, 1.82) is 0 Å². The summed E-state index contributed by atoms with van der Waals surface area (Å²) in [4.78, 5) is 0. The summed E-state index contributed by atoms with van der Waals surface area (Å²) in [6, 6.07) is 0. The smallest absolute Gasteiger partial charge is 0.247 e. The quantitative estimate of drug-likeness (QED) is 0.552. The summed E-state index contributed by atoms with van der Waals surface area (Å²) in [6.07, 6.45) is 13.8. The predicted octanol–water partition coefficient (Wildman–Crippen LogP) is 4.38. The molecular formula is C14H24BrOSi. The SMILES string of the molecule is [Si]OC(CBr)(C1CCCCC1)C1CCCCC1. The van der Waals surface area contributed by atoms with Crippen molar-refractivity contribution < 1.29 is 4.43 Å². The lowest BCUT2D eigenvalue weighted by atomic mass is 9.67. The van der Waals surface area contributed by atoms with E-state index in [0.29, 0.717) is 0 Å². The molecule has 0 aromatic heterocycles. The van der Waals surface area contributed by atoms with Crippen molar-refractivity contribution in [3.63, 3.8) is 0 Å². The molecular weight excluding hydrogens is 292 g/mol. The Morgan fingerprint density at radius 1 is 0.882 bits per heavy atom. The van der Waals surface area contributed by atoms with Crippen LogP contribution < -0.4 is 0 Å². The van der Waals surface area contributed by atoms with E-state index in [4.69, 9.17) is 4.43 Å². The highest BCUT2D eigenvalue weighted by Crippen LogP contribution is 2.45. The molecule has 0 unspecified atom stereocenters. The van der Waals surface area contributed by atoms with E-state index in [1.165, 1.54) is 64.2 Å². The summed E-state index contributed by atoms with van der Waals surface area (Å²) < 4.78 is 5.92. The third-order valence-electron chi connectivity index (χ3n) is 4.99. The van der Waals surface area contributed by atoms with Crippen molar-refractivity contribution in [2.24, 2.45) is 11.8 Å². The van der Waals surface area contributed by atoms with Gasteiger partial charge in [-0.05, 0) is 37.5 Å². The zero-order valence-corrected chi connectivity index (χ0v) is 13.3. The average Bonchev–Trinajstić information content (AvgIpc) is 2.43. The molecule has 1 nitrogen and oxygen atoms in total. The lowest BCUT2D eigenvalue weighted by Gasteiger charge is -2.47. The zero-order valence-electron chi connectivity index (χ0n) is 10.7. The maximum atomic E-state index is 5.92. The van der Waals surface area contributed by atoms with Crippen LogP contribution in [0.4, 0.5) is 0 Å². The van der Waals surface area contributed by atoms with Crippen molar-refractivity contribution >= 4 is 26.4 Å². The minimum Gasteiger partial charge on any atom is -0.412 e. The second kappa shape index (κ2) is 6.72. The first-order chi connectivity index (χ1) is 8.33. The minimum atomic E-state index is 0.0533. The maximum absolute atomic E-state index is 5.92. The molecule has 0 saturated heterocycles. The van der Waals surface area contributed by atoms with Crippen LogP contribution in [0.15, 0.2) is 0 Å². The molecule has 0 aromatic carbocycles. The van der Waals surface area contributed by atoms with Crippen LogP contribution >= 0.6 is 15.9 Å². The molecule has 2 saturated carbocycles. The fourth-order valence-electron chi connectivity index (χ4n) is 3.93. The van der Waals surface area contributed by atoms with Gasteiger partial charge in [-0.1, -0.05) is 54.5 Å². The van der Waals surface area contributed by atoms with Crippen LogP contribution in [0.1, 0.15) is 64.2 Å². The van der Waals surface area contributed by atoms with Gasteiger partial charge in [0.1, 0.15) is 0 Å². The third kappa shape index (κ3) is 2.98. The van der Waals surface area contributed by atoms with Crippen molar-refractivity contribution in [1.82, 2.24) is 0 Å². The van der Waals surface area contributed by atoms with E-state index in [2.05, 4.69) is 26.4 Å². The van der Waals surface area contributed by atoms with Crippen LogP contribution in [-0.2, 0) is 4.43 Å². The molecule has 0 spiro atoms. The van der Waals surface area contributed by atoms with Gasteiger partial charge in [-0.2, -0.15) is 0 Å². The van der Waals surface area contributed by atoms with Gasteiger partial charge in [0.15, 0.2) is 0 Å². The normalized spacial score (nSPS) is 25.1. The topological polar surface area (TPSA) is 9.23 Å². The van der Waals surface area contributed by atoms with E-state index in [1.807, 2.05) is 0 Å². The molecule has 2 rings (SSSR count). The molecule has 3 heteroatoms. The third-order valence-corrected chi connectivity index (χ3v) is 6.25. The minimum absolute atomic E-state index is 0.0533. The monoisotopic (exact) mass is 315 g/mol. The van der Waals surface area contributed by atoms with Crippen LogP contribution in [0, 0.1) is 11.8 Å². The van der Waals surface area contributed by atoms with Crippen LogP contribution in [0.3, 0.4) is 0 Å². The molecule has 0 bridgehead atoms. The molecule has 97 valence electrons. The van der Waals surface area contributed by atoms with Gasteiger partial charge in [0, 0.05) is 5.33 Å². The molecule has 0 heterocycles. The van der Waals surface area contributed by atoms with E-state index in [1.54, 1.807) is 0 Å². The Kier molecular flexibility index (Phi) is 5.56. The van der Waals surface area contributed by atoms with Gasteiger partial charge >= 0.3 is 0 Å². The van der Waals surface area contributed by atoms with Crippen LogP contribution in [0.2, 0.25) is 0 Å². The Morgan fingerprint density at radius 2 is 1.29 bits per heavy atom. The van der Waals surface area contributed by atoms with Crippen LogP contribution in [0.5, 0.6) is 0 Å². The largest absolute Gasteiger partial charge is 0.412 e. The molecule has 0 atom stereocenters. The molecule has 0 aliphatic heterocycles. The van der Waals surface area contributed by atoms with Gasteiger partial charge in [-0.3, -0.25) is 0 Å². The average molecular weight is 316 g/mol. The summed E-state index contributed by atoms with van der Waals surface area (Å²) in [5.41, 5.74) is 0.0533. The van der Waals surface area contributed by atoms with Gasteiger partial charge in [0.25, 0.3) is 0 Å². The summed E-state index contributed by atoms with van der Waals surface area (Å²) in [6.45, 7) is 0. The van der Waals surface area contributed by atoms with Gasteiger partial charge in [0.05, 0.1) is 5.60 Å². The van der Waals surface area contributed by atoms with E-state index in [0.717, 1.165) is 17.2 Å². The highest BCUT2D eigenvalue weighted by atomic mass is 79.9. The number of alkyl halides is 1. The molecule has 3 radical (unpaired) electrons. The highest BCUT2D eigenvalue weighted by Gasteiger charge is 2.44. The number of hydrogen-bond donors (Lipinski definition) is 0. The highest BCUT2D eigenvalue weighted by molar-refractivity contribution is 9.09. The fraction of sp³-hybridized carbons (Fsp3) is 1.00. The second-order valence-corrected chi connectivity index (χ2v) is 6.63. The summed E-state index contributed by atoms with van der Waals surface area (Å²) in [5.74, 6) is 1.49. The number of rotatable bonds is 4. The Labute approximate surface area is 118 Å². The molecule has 17 heavy (non-hydrogen) atoms. The van der Waals surface area contributed by atoms with E-state index >= 15 is 0 Å². The Morgan fingerprint density at radius 3 is 1.59 bits per heavy atom. The Balaban J connectivity index is 2.10. The zero-order chi connectivity index (χ0) is 12.1. The summed E-state index contributed by atoms with van der Waals surface area (Å²) in [7, 11) is 3.43. The Hall–Kier alpha value is 0.657. The second-order valence-electron chi connectivity index (χ2n) is 5.86. The van der Waals surface area contributed by atoms with Crippen molar-refractivity contribution in [2.75, 3.05) is 5.33 Å². The van der Waals surface area contributed by atoms with E-state index < -0.39 is 0 Å². The van der Waals surface area contributed by atoms with E-state index in [-0.39, 0.29) is 5.60 Å². The molecule has 0 amide bonds. The van der Waals surface area contributed by atoms with Gasteiger partial charge in [-0.15, -0.1) is 0 Å². The maximum Gasteiger partial charge on any atom is 0.247 e. The standard InChI is InChI=1S/C14H24BrOSi/c15-11-14(16-17,12-7-3-1-4-8-12)13-9-5-2-6-10-13/h12-13H,1-11H2. The van der Waals surface area contributed by atoms with Crippen molar-refractivity contribution in [3.8, 4) is 0 Å². The van der Waals surface area contributed by atoms with Crippen molar-refractivity contribution in [2.45, 2.75) is 69.8 Å². The van der Waals surface area contributed by atoms with Crippen molar-refractivity contribution in [3.05, 3.63) is 0 Å². The van der Waals surface area contributed by atoms with Gasteiger partial charge in [0.2, 0.25) is 10.5 Å². The first-order valence-corrected chi connectivity index (χ1v) is 8.77. The lowest BCUT2D eigenvalue weighted by molar-refractivity contribution is -0.0443. The van der Waals surface area contributed by atoms with Crippen LogP contribution in [-0.4, -0.2) is 21.4 Å². The molecule has 2 fully saturated rings. The first-order valence-electron chi connectivity index (χ1n) is 7.24. The lowest BCUT2D eigenvalue weighted by Crippen LogP contribution is -2.50. The first kappa shape index (κ1) is 14.1.